The molecular weight excluding hydrogens is 326 g/mol. The van der Waals surface area contributed by atoms with Gasteiger partial charge in [-0.25, -0.2) is 9.13 Å². The minimum absolute atomic E-state index is 0.228. The highest BCUT2D eigenvalue weighted by Crippen LogP contribution is 2.17. The zero-order chi connectivity index (χ0) is 18.4. The van der Waals surface area contributed by atoms with Crippen molar-refractivity contribution in [1.29, 1.82) is 0 Å². The number of nitrogen functional groups attached to an aromatic ring is 1. The highest BCUT2D eigenvalue weighted by molar-refractivity contribution is 5.73. The normalized spacial score (nSPS) is 12.4. The average Bonchev–Trinajstić information content (AvgIpc) is 2.93. The van der Waals surface area contributed by atoms with Crippen LogP contribution in [0.2, 0.25) is 0 Å². The van der Waals surface area contributed by atoms with E-state index >= 15 is 0 Å². The van der Waals surface area contributed by atoms with E-state index in [-0.39, 0.29) is 6.61 Å². The van der Waals surface area contributed by atoms with E-state index < -0.39 is 6.10 Å². The average molecular weight is 354 g/mol. The standard InChI is InChI=1S/C21H27N3O2/c1-2-3-9-14-23-19-12-7-8-13-20(19)24(21(23)22)15-17(25)16-26-18-10-5-4-6-11-18/h4-8,10-13,17,22,25H,2-3,9,14-16H2,1H3/p+1/t17-/m0/s1. The lowest BCUT2D eigenvalue weighted by Crippen LogP contribution is -2.43. The Labute approximate surface area is 154 Å². The summed E-state index contributed by atoms with van der Waals surface area (Å²) in [6.07, 6.45) is 2.81. The maximum Gasteiger partial charge on any atom is 0.356 e. The van der Waals surface area contributed by atoms with Gasteiger partial charge in [0.15, 0.2) is 0 Å². The van der Waals surface area contributed by atoms with E-state index in [9.17, 15) is 5.11 Å². The number of imidazole rings is 1. The van der Waals surface area contributed by atoms with Crippen LogP contribution in [-0.2, 0) is 13.1 Å². The molecule has 0 saturated carbocycles. The van der Waals surface area contributed by atoms with Gasteiger partial charge in [-0.15, -0.1) is 0 Å². The third-order valence-corrected chi connectivity index (χ3v) is 4.58. The predicted molar refractivity (Wildman–Crippen MR) is 104 cm³/mol. The van der Waals surface area contributed by atoms with Gasteiger partial charge in [-0.2, -0.15) is 0 Å². The summed E-state index contributed by atoms with van der Waals surface area (Å²) in [7, 11) is 0. The lowest BCUT2D eigenvalue weighted by atomic mass is 10.2. The van der Waals surface area contributed by atoms with Crippen molar-refractivity contribution < 1.29 is 14.4 Å². The fourth-order valence-corrected chi connectivity index (χ4v) is 3.23. The Morgan fingerprint density at radius 1 is 1.08 bits per heavy atom. The Bertz CT molecular complexity index is 830. The van der Waals surface area contributed by atoms with Crippen LogP contribution in [0.1, 0.15) is 26.2 Å². The zero-order valence-corrected chi connectivity index (χ0v) is 15.3. The number of hydrogen-bond acceptors (Lipinski definition) is 3. The Kier molecular flexibility index (Phi) is 6.12. The second-order valence-electron chi connectivity index (χ2n) is 6.59. The number of nitrogens with two attached hydrogens (primary N) is 1. The number of aryl methyl sites for hydroxylation is 1. The van der Waals surface area contributed by atoms with E-state index in [2.05, 4.69) is 17.6 Å². The molecule has 1 heterocycles. The van der Waals surface area contributed by atoms with Gasteiger partial charge in [0, 0.05) is 0 Å². The van der Waals surface area contributed by atoms with Crippen molar-refractivity contribution in [2.75, 3.05) is 12.3 Å². The topological polar surface area (TPSA) is 64.3 Å². The third kappa shape index (κ3) is 4.17. The van der Waals surface area contributed by atoms with Crippen LogP contribution in [0.4, 0.5) is 5.95 Å². The first-order valence-corrected chi connectivity index (χ1v) is 9.33. The summed E-state index contributed by atoms with van der Waals surface area (Å²) < 4.78 is 9.80. The maximum atomic E-state index is 10.5. The number of anilines is 1. The minimum Gasteiger partial charge on any atom is -0.491 e. The number of ether oxygens (including phenoxy) is 1. The van der Waals surface area contributed by atoms with Crippen molar-refractivity contribution in [2.24, 2.45) is 0 Å². The molecule has 0 fully saturated rings. The van der Waals surface area contributed by atoms with E-state index in [1.165, 1.54) is 12.8 Å². The number of benzene rings is 2. The number of nitrogens with zero attached hydrogens (tertiary/aromatic N) is 2. The predicted octanol–water partition coefficient (Wildman–Crippen LogP) is 3.14. The summed E-state index contributed by atoms with van der Waals surface area (Å²) in [5.41, 5.74) is 8.58. The summed E-state index contributed by atoms with van der Waals surface area (Å²) in [5.74, 6) is 1.44. The Balaban J connectivity index is 1.75. The summed E-state index contributed by atoms with van der Waals surface area (Å²) in [6, 6.07) is 17.7. The molecule has 26 heavy (non-hydrogen) atoms. The number of rotatable bonds is 9. The number of hydrogen-bond donors (Lipinski definition) is 2. The summed E-state index contributed by atoms with van der Waals surface area (Å²) in [6.45, 7) is 3.72. The van der Waals surface area contributed by atoms with Crippen molar-refractivity contribution in [2.45, 2.75) is 45.4 Å². The van der Waals surface area contributed by atoms with E-state index in [1.54, 1.807) is 0 Å². The van der Waals surface area contributed by atoms with Crippen molar-refractivity contribution >= 4 is 17.0 Å². The van der Waals surface area contributed by atoms with E-state index in [1.807, 2.05) is 53.1 Å². The first-order chi connectivity index (χ1) is 12.7. The largest absolute Gasteiger partial charge is 0.491 e. The molecule has 0 aliphatic rings. The molecule has 3 N–H and O–H groups in total. The number of unbranched alkanes of at least 4 members (excludes halogenated alkanes) is 2. The van der Waals surface area contributed by atoms with Gasteiger partial charge in [0.05, 0.1) is 6.54 Å². The monoisotopic (exact) mass is 354 g/mol. The van der Waals surface area contributed by atoms with Gasteiger partial charge >= 0.3 is 5.95 Å². The fraction of sp³-hybridized carbons (Fsp3) is 0.381. The SMILES string of the molecule is CCCCCn1c(N)[n+](C[C@H](O)COc2ccccc2)c2ccccc21. The fourth-order valence-electron chi connectivity index (χ4n) is 3.23. The minimum atomic E-state index is -0.641. The Morgan fingerprint density at radius 2 is 1.81 bits per heavy atom. The van der Waals surface area contributed by atoms with Gasteiger partial charge in [0.2, 0.25) is 0 Å². The molecule has 5 nitrogen and oxygen atoms in total. The van der Waals surface area contributed by atoms with Gasteiger partial charge in [-0.05, 0) is 30.7 Å². The molecular formula is C21H28N3O2+. The molecule has 5 heteroatoms. The quantitative estimate of drug-likeness (QED) is 0.458. The molecule has 1 atom stereocenters. The molecule has 0 amide bonds. The maximum absolute atomic E-state index is 10.5. The van der Waals surface area contributed by atoms with Gasteiger partial charge in [0.1, 0.15) is 36.0 Å². The lowest BCUT2D eigenvalue weighted by molar-refractivity contribution is -0.665. The number of aliphatic hydroxyl groups excluding tert-OH is 1. The van der Waals surface area contributed by atoms with E-state index in [0.717, 1.165) is 29.7 Å². The molecule has 138 valence electrons. The number of fused-ring (bicyclic) bond motifs is 1. The van der Waals surface area contributed by atoms with Gasteiger partial charge in [-0.3, -0.25) is 5.73 Å². The molecule has 0 saturated heterocycles. The van der Waals surface area contributed by atoms with Crippen LogP contribution in [0.3, 0.4) is 0 Å². The molecule has 0 aliphatic heterocycles. The first-order valence-electron chi connectivity index (χ1n) is 9.33. The van der Waals surface area contributed by atoms with Crippen LogP contribution in [0.5, 0.6) is 5.75 Å². The summed E-state index contributed by atoms with van der Waals surface area (Å²) >= 11 is 0. The summed E-state index contributed by atoms with van der Waals surface area (Å²) in [5, 5.41) is 10.5. The molecule has 0 spiro atoms. The van der Waals surface area contributed by atoms with Crippen LogP contribution in [0, 0.1) is 0 Å². The van der Waals surface area contributed by atoms with Gasteiger partial charge < -0.3 is 9.84 Å². The third-order valence-electron chi connectivity index (χ3n) is 4.58. The van der Waals surface area contributed by atoms with Crippen molar-refractivity contribution in [1.82, 2.24) is 4.57 Å². The number of para-hydroxylation sites is 3. The van der Waals surface area contributed by atoms with Gasteiger partial charge in [-0.1, -0.05) is 50.1 Å². The molecule has 0 bridgehead atoms. The van der Waals surface area contributed by atoms with Crippen molar-refractivity contribution in [3.63, 3.8) is 0 Å². The van der Waals surface area contributed by atoms with E-state index in [0.29, 0.717) is 12.5 Å². The number of aliphatic hydroxyl groups is 1. The molecule has 1 aromatic heterocycles. The van der Waals surface area contributed by atoms with Crippen LogP contribution < -0.4 is 15.0 Å². The van der Waals surface area contributed by atoms with Crippen LogP contribution in [0.15, 0.2) is 54.6 Å². The lowest BCUT2D eigenvalue weighted by Gasteiger charge is -2.12. The van der Waals surface area contributed by atoms with Crippen molar-refractivity contribution in [3.8, 4) is 5.75 Å². The highest BCUT2D eigenvalue weighted by Gasteiger charge is 2.22. The molecule has 0 aliphatic carbocycles. The number of aromatic nitrogens is 2. The summed E-state index contributed by atoms with van der Waals surface area (Å²) in [4.78, 5) is 0. The smallest absolute Gasteiger partial charge is 0.356 e. The van der Waals surface area contributed by atoms with E-state index in [4.69, 9.17) is 10.5 Å². The van der Waals surface area contributed by atoms with Gasteiger partial charge in [0.25, 0.3) is 0 Å². The molecule has 2 aromatic carbocycles. The molecule has 0 unspecified atom stereocenters. The Hall–Kier alpha value is -2.53. The van der Waals surface area contributed by atoms with Crippen LogP contribution in [-0.4, -0.2) is 22.4 Å². The second kappa shape index (κ2) is 8.72. The second-order valence-corrected chi connectivity index (χ2v) is 6.59. The Morgan fingerprint density at radius 3 is 2.58 bits per heavy atom. The first kappa shape index (κ1) is 18.3. The molecule has 3 rings (SSSR count). The van der Waals surface area contributed by atoms with Crippen LogP contribution in [0.25, 0.3) is 11.0 Å². The highest BCUT2D eigenvalue weighted by atomic mass is 16.5. The van der Waals surface area contributed by atoms with Crippen LogP contribution >= 0.6 is 0 Å². The molecule has 3 aromatic rings. The van der Waals surface area contributed by atoms with Crippen molar-refractivity contribution in [3.05, 3.63) is 54.6 Å². The zero-order valence-electron chi connectivity index (χ0n) is 15.3. The molecule has 0 radical (unpaired) electrons.